The quantitative estimate of drug-likeness (QED) is 0.792. The Bertz CT molecular complexity index is 478. The van der Waals surface area contributed by atoms with Gasteiger partial charge in [-0.2, -0.15) is 5.10 Å². The Kier molecular flexibility index (Phi) is 2.64. The third kappa shape index (κ3) is 2.21. The third-order valence-electron chi connectivity index (χ3n) is 3.14. The molecule has 6 heteroatoms. The summed E-state index contributed by atoms with van der Waals surface area (Å²) < 4.78 is 6.66. The second kappa shape index (κ2) is 4.29. The van der Waals surface area contributed by atoms with Gasteiger partial charge in [-0.05, 0) is 18.9 Å². The highest BCUT2D eigenvalue weighted by Gasteiger charge is 2.24. The van der Waals surface area contributed by atoms with E-state index in [0.29, 0.717) is 6.04 Å². The fourth-order valence-electron chi connectivity index (χ4n) is 2.29. The van der Waals surface area contributed by atoms with E-state index in [9.17, 15) is 0 Å². The largest absolute Gasteiger partial charge is 0.295 e. The Morgan fingerprint density at radius 1 is 1.47 bits per heavy atom. The molecule has 1 atom stereocenters. The maximum Gasteiger partial charge on any atom is 0.119 e. The first-order valence-corrected chi connectivity index (χ1v) is 5.81. The molecule has 2 aromatic rings. The topological polar surface area (TPSA) is 60.0 Å². The van der Waals surface area contributed by atoms with Gasteiger partial charge in [0.1, 0.15) is 5.69 Å². The Labute approximate surface area is 99.2 Å². The molecule has 0 aliphatic carbocycles. The molecule has 0 N–H and O–H groups in total. The van der Waals surface area contributed by atoms with E-state index in [2.05, 4.69) is 42.7 Å². The third-order valence-corrected chi connectivity index (χ3v) is 3.14. The van der Waals surface area contributed by atoms with Crippen LogP contribution in [0.15, 0.2) is 23.2 Å². The number of hydrogen-bond donors (Lipinski definition) is 0. The van der Waals surface area contributed by atoms with Crippen LogP contribution in [0.25, 0.3) is 0 Å². The lowest BCUT2D eigenvalue weighted by Gasteiger charge is -2.14. The fourth-order valence-corrected chi connectivity index (χ4v) is 2.29. The molecule has 1 aliphatic heterocycles. The minimum Gasteiger partial charge on any atom is -0.295 e. The molecule has 1 saturated heterocycles. The van der Waals surface area contributed by atoms with Crippen LogP contribution in [-0.2, 0) is 6.54 Å². The van der Waals surface area contributed by atoms with E-state index >= 15 is 0 Å². The van der Waals surface area contributed by atoms with Crippen molar-refractivity contribution in [3.05, 3.63) is 29.8 Å². The molecular weight excluding hydrogens is 218 g/mol. The van der Waals surface area contributed by atoms with Crippen molar-refractivity contribution in [2.24, 2.45) is 0 Å². The normalized spacial score (nSPS) is 21.1. The number of hydrogen-bond acceptors (Lipinski definition) is 5. The van der Waals surface area contributed by atoms with Gasteiger partial charge in [-0.15, -0.1) is 0 Å². The first-order chi connectivity index (χ1) is 8.31. The zero-order chi connectivity index (χ0) is 11.7. The van der Waals surface area contributed by atoms with Gasteiger partial charge in [0, 0.05) is 25.8 Å². The van der Waals surface area contributed by atoms with Gasteiger partial charge in [0.25, 0.3) is 0 Å². The summed E-state index contributed by atoms with van der Waals surface area (Å²) in [7, 11) is 0. The molecular formula is C11H15N5O. The van der Waals surface area contributed by atoms with Crippen molar-refractivity contribution in [2.75, 3.05) is 13.1 Å². The van der Waals surface area contributed by atoms with E-state index in [1.54, 1.807) is 6.20 Å². The molecule has 6 nitrogen and oxygen atoms in total. The summed E-state index contributed by atoms with van der Waals surface area (Å²) in [6, 6.07) is 0.476. The van der Waals surface area contributed by atoms with E-state index in [0.717, 1.165) is 31.7 Å². The van der Waals surface area contributed by atoms with Crippen molar-refractivity contribution in [1.29, 1.82) is 0 Å². The van der Waals surface area contributed by atoms with Crippen LogP contribution in [0.1, 0.15) is 23.7 Å². The lowest BCUT2D eigenvalue weighted by atomic mass is 10.3. The molecule has 0 bridgehead atoms. The van der Waals surface area contributed by atoms with Gasteiger partial charge in [0.05, 0.1) is 18.4 Å². The van der Waals surface area contributed by atoms with Crippen LogP contribution in [0.4, 0.5) is 0 Å². The summed E-state index contributed by atoms with van der Waals surface area (Å²) in [6.07, 6.45) is 6.81. The summed E-state index contributed by atoms with van der Waals surface area (Å²) in [4.78, 5) is 2.35. The molecule has 0 saturated carbocycles. The lowest BCUT2D eigenvalue weighted by Crippen LogP contribution is -2.21. The minimum absolute atomic E-state index is 0.476. The van der Waals surface area contributed by atoms with Crippen LogP contribution in [0, 0.1) is 6.92 Å². The molecule has 3 heterocycles. The van der Waals surface area contributed by atoms with Gasteiger partial charge in [0.15, 0.2) is 0 Å². The van der Waals surface area contributed by atoms with Crippen LogP contribution in [-0.4, -0.2) is 38.1 Å². The van der Waals surface area contributed by atoms with E-state index in [4.69, 9.17) is 0 Å². The summed E-state index contributed by atoms with van der Waals surface area (Å²) >= 11 is 0. The molecule has 0 radical (unpaired) electrons. The average molecular weight is 233 g/mol. The van der Waals surface area contributed by atoms with E-state index in [-0.39, 0.29) is 0 Å². The van der Waals surface area contributed by atoms with Gasteiger partial charge in [-0.1, -0.05) is 10.3 Å². The Morgan fingerprint density at radius 2 is 2.41 bits per heavy atom. The monoisotopic (exact) mass is 233 g/mol. The van der Waals surface area contributed by atoms with E-state index in [1.807, 2.05) is 6.20 Å². The molecule has 3 rings (SSSR count). The van der Waals surface area contributed by atoms with Crippen molar-refractivity contribution in [1.82, 2.24) is 25.0 Å². The molecule has 0 spiro atoms. The zero-order valence-electron chi connectivity index (χ0n) is 9.78. The van der Waals surface area contributed by atoms with Gasteiger partial charge >= 0.3 is 0 Å². The summed E-state index contributed by atoms with van der Waals surface area (Å²) in [5.41, 5.74) is 2.10. The van der Waals surface area contributed by atoms with Gasteiger partial charge in [0.2, 0.25) is 0 Å². The van der Waals surface area contributed by atoms with E-state index in [1.165, 1.54) is 5.56 Å². The number of aromatic nitrogens is 4. The Balaban J connectivity index is 1.62. The minimum atomic E-state index is 0.476. The molecule has 90 valence electrons. The van der Waals surface area contributed by atoms with Gasteiger partial charge < -0.3 is 0 Å². The lowest BCUT2D eigenvalue weighted by molar-refractivity contribution is 0.278. The van der Waals surface area contributed by atoms with Crippen LogP contribution >= 0.6 is 0 Å². The highest BCUT2D eigenvalue weighted by molar-refractivity contribution is 5.01. The molecule has 0 aromatic carbocycles. The van der Waals surface area contributed by atoms with Gasteiger partial charge in [-0.3, -0.25) is 9.58 Å². The van der Waals surface area contributed by atoms with Crippen LogP contribution in [0.5, 0.6) is 0 Å². The molecule has 17 heavy (non-hydrogen) atoms. The summed E-state index contributed by atoms with van der Waals surface area (Å²) in [5.74, 6) is 0. The number of likely N-dealkylation sites (tertiary alicyclic amines) is 1. The molecule has 1 aliphatic rings. The maximum atomic E-state index is 4.60. The standard InChI is InChI=1S/C11H15N5O/c1-9-4-12-16(6-9)11-2-3-15(8-11)7-10-5-13-17-14-10/h4-6,11H,2-3,7-8H2,1H3. The maximum absolute atomic E-state index is 4.60. The van der Waals surface area contributed by atoms with Crippen molar-refractivity contribution in [3.63, 3.8) is 0 Å². The average Bonchev–Trinajstić information content (AvgIpc) is 2.99. The summed E-state index contributed by atoms with van der Waals surface area (Å²) in [5, 5.41) is 11.8. The van der Waals surface area contributed by atoms with Crippen molar-refractivity contribution < 1.29 is 4.63 Å². The second-order valence-corrected chi connectivity index (χ2v) is 4.57. The Hall–Kier alpha value is -1.69. The second-order valence-electron chi connectivity index (χ2n) is 4.57. The first kappa shape index (κ1) is 10.5. The summed E-state index contributed by atoms with van der Waals surface area (Å²) in [6.45, 7) is 4.95. The smallest absolute Gasteiger partial charge is 0.119 e. The molecule has 1 unspecified atom stereocenters. The number of rotatable bonds is 3. The predicted octanol–water partition coefficient (Wildman–Crippen LogP) is 1.02. The molecule has 2 aromatic heterocycles. The number of aryl methyl sites for hydroxylation is 1. The Morgan fingerprint density at radius 3 is 3.12 bits per heavy atom. The molecule has 1 fully saturated rings. The number of nitrogens with zero attached hydrogens (tertiary/aromatic N) is 5. The van der Waals surface area contributed by atoms with Crippen molar-refractivity contribution in [3.8, 4) is 0 Å². The highest BCUT2D eigenvalue weighted by atomic mass is 16.6. The van der Waals surface area contributed by atoms with E-state index < -0.39 is 0 Å². The van der Waals surface area contributed by atoms with Crippen molar-refractivity contribution >= 4 is 0 Å². The fraction of sp³-hybridized carbons (Fsp3) is 0.545. The van der Waals surface area contributed by atoms with Crippen LogP contribution in [0.3, 0.4) is 0 Å². The van der Waals surface area contributed by atoms with Crippen molar-refractivity contribution in [2.45, 2.75) is 25.9 Å². The molecule has 0 amide bonds. The highest BCUT2D eigenvalue weighted by Crippen LogP contribution is 2.22. The first-order valence-electron chi connectivity index (χ1n) is 5.81. The predicted molar refractivity (Wildman–Crippen MR) is 60.2 cm³/mol. The van der Waals surface area contributed by atoms with Gasteiger partial charge in [-0.25, -0.2) is 4.63 Å². The van der Waals surface area contributed by atoms with Crippen LogP contribution in [0.2, 0.25) is 0 Å². The van der Waals surface area contributed by atoms with Crippen LogP contribution < -0.4 is 0 Å². The zero-order valence-corrected chi connectivity index (χ0v) is 9.78. The SMILES string of the molecule is Cc1cnn(C2CCN(Cc3cnon3)C2)c1.